The number of aryl methyl sites for hydroxylation is 2. The number of nitriles is 1. The van der Waals surface area contributed by atoms with Gasteiger partial charge in [0, 0.05) is 6.54 Å². The Bertz CT molecular complexity index is 915. The van der Waals surface area contributed by atoms with Crippen molar-refractivity contribution in [2.24, 2.45) is 0 Å². The van der Waals surface area contributed by atoms with Crippen molar-refractivity contribution in [1.82, 2.24) is 9.78 Å². The molecule has 1 unspecified atom stereocenters. The van der Waals surface area contributed by atoms with Gasteiger partial charge < -0.3 is 4.74 Å². The minimum atomic E-state index is -1.40. The summed E-state index contributed by atoms with van der Waals surface area (Å²) < 4.78 is 7.49. The van der Waals surface area contributed by atoms with Crippen molar-refractivity contribution >= 4 is 25.0 Å². The monoisotopic (exact) mass is 409 g/mol. The third-order valence-corrected chi connectivity index (χ3v) is 6.97. The first kappa shape index (κ1) is 22.6. The van der Waals surface area contributed by atoms with E-state index in [1.54, 1.807) is 4.68 Å². The molecule has 0 bridgehead atoms. The first-order valence-corrected chi connectivity index (χ1v) is 13.7. The zero-order valence-electron chi connectivity index (χ0n) is 18.3. The summed E-state index contributed by atoms with van der Waals surface area (Å²) in [7, 11) is -1.40. The van der Waals surface area contributed by atoms with Gasteiger partial charge in [-0.1, -0.05) is 62.4 Å². The minimum Gasteiger partial charge on any atom is -0.423 e. The summed E-state index contributed by atoms with van der Waals surface area (Å²) in [5, 5.41) is 15.0. The lowest BCUT2D eigenvalue weighted by Gasteiger charge is -2.20. The Balaban J connectivity index is 2.32. The molecular weight excluding hydrogens is 378 g/mol. The molecule has 29 heavy (non-hydrogen) atoms. The predicted octanol–water partition coefficient (Wildman–Crippen LogP) is 4.75. The van der Waals surface area contributed by atoms with Crippen LogP contribution in [0, 0.1) is 18.3 Å². The summed E-state index contributed by atoms with van der Waals surface area (Å²) in [5.74, 6) is -0.452. The number of aromatic nitrogens is 2. The van der Waals surface area contributed by atoms with Crippen molar-refractivity contribution in [2.45, 2.75) is 65.7 Å². The number of nitrogens with zero attached hydrogens (tertiary/aromatic N) is 3. The van der Waals surface area contributed by atoms with E-state index in [2.05, 4.69) is 43.8 Å². The van der Waals surface area contributed by atoms with Gasteiger partial charge in [-0.2, -0.15) is 10.4 Å². The SMILES string of the molecule is CCCC(C(=O)O/C(=C\C#N)c1cc(C)nn1CC)c1ccc([Si](C)(C)C)cc1. The fourth-order valence-corrected chi connectivity index (χ4v) is 4.47. The third kappa shape index (κ3) is 5.67. The third-order valence-electron chi connectivity index (χ3n) is 4.90. The van der Waals surface area contributed by atoms with E-state index in [9.17, 15) is 10.1 Å². The van der Waals surface area contributed by atoms with Crippen molar-refractivity contribution < 1.29 is 9.53 Å². The molecule has 1 aromatic carbocycles. The maximum atomic E-state index is 13.1. The highest BCUT2D eigenvalue weighted by Crippen LogP contribution is 2.27. The molecule has 2 aromatic rings. The Labute approximate surface area is 175 Å². The molecule has 0 saturated heterocycles. The number of rotatable bonds is 8. The second kappa shape index (κ2) is 9.70. The van der Waals surface area contributed by atoms with Gasteiger partial charge >= 0.3 is 5.97 Å². The van der Waals surface area contributed by atoms with Gasteiger partial charge in [0.2, 0.25) is 0 Å². The van der Waals surface area contributed by atoms with Crippen LogP contribution >= 0.6 is 0 Å². The lowest BCUT2D eigenvalue weighted by molar-refractivity contribution is -0.138. The highest BCUT2D eigenvalue weighted by molar-refractivity contribution is 6.88. The van der Waals surface area contributed by atoms with E-state index in [0.29, 0.717) is 18.7 Å². The first-order valence-electron chi connectivity index (χ1n) is 10.2. The number of carbonyl (C=O) groups excluding carboxylic acids is 1. The molecule has 0 fully saturated rings. The van der Waals surface area contributed by atoms with Crippen LogP contribution in [0.3, 0.4) is 0 Å². The van der Waals surface area contributed by atoms with Crippen molar-refractivity contribution in [1.29, 1.82) is 5.26 Å². The minimum absolute atomic E-state index is 0.250. The second-order valence-corrected chi connectivity index (χ2v) is 13.3. The molecule has 0 radical (unpaired) electrons. The maximum Gasteiger partial charge on any atom is 0.318 e. The molecule has 1 aromatic heterocycles. The summed E-state index contributed by atoms with van der Waals surface area (Å²) in [5.41, 5.74) is 2.41. The number of hydrogen-bond acceptors (Lipinski definition) is 4. The first-order chi connectivity index (χ1) is 13.7. The topological polar surface area (TPSA) is 67.9 Å². The molecule has 0 amide bonds. The normalized spacial score (nSPS) is 13.1. The summed E-state index contributed by atoms with van der Waals surface area (Å²) >= 11 is 0. The molecule has 154 valence electrons. The fraction of sp³-hybridized carbons (Fsp3) is 0.435. The van der Waals surface area contributed by atoms with Crippen LogP contribution in [0.4, 0.5) is 0 Å². The van der Waals surface area contributed by atoms with Crippen LogP contribution in [0.5, 0.6) is 0 Å². The standard InChI is InChI=1S/C23H31N3O2Si/c1-7-9-20(18-10-12-19(13-11-18)29(4,5)6)23(27)28-22(14-15-24)21-16-17(3)25-26(21)8-2/h10-14,16,20H,7-9H2,1-6H3/b22-14-. The summed E-state index contributed by atoms with van der Waals surface area (Å²) in [6.45, 7) is 13.4. The van der Waals surface area contributed by atoms with Gasteiger partial charge in [-0.25, -0.2) is 0 Å². The quantitative estimate of drug-likeness (QED) is 0.273. The molecule has 1 heterocycles. The van der Waals surface area contributed by atoms with Gasteiger partial charge in [-0.15, -0.1) is 0 Å². The van der Waals surface area contributed by atoms with Crippen LogP contribution in [0.15, 0.2) is 36.4 Å². The Morgan fingerprint density at radius 3 is 2.45 bits per heavy atom. The Hall–Kier alpha value is -2.65. The van der Waals surface area contributed by atoms with Crippen LogP contribution in [-0.4, -0.2) is 23.8 Å². The summed E-state index contributed by atoms with van der Waals surface area (Å²) in [6.07, 6.45) is 2.83. The van der Waals surface area contributed by atoms with Crippen LogP contribution in [0.1, 0.15) is 49.6 Å². The Morgan fingerprint density at radius 2 is 1.93 bits per heavy atom. The summed E-state index contributed by atoms with van der Waals surface area (Å²) in [6, 6.07) is 12.2. The van der Waals surface area contributed by atoms with Gasteiger partial charge in [0.05, 0.1) is 31.8 Å². The van der Waals surface area contributed by atoms with Crippen molar-refractivity contribution in [2.75, 3.05) is 0 Å². The van der Waals surface area contributed by atoms with Gasteiger partial charge in [0.1, 0.15) is 5.69 Å². The van der Waals surface area contributed by atoms with Crippen molar-refractivity contribution in [3.63, 3.8) is 0 Å². The lowest BCUT2D eigenvalue weighted by atomic mass is 9.94. The lowest BCUT2D eigenvalue weighted by Crippen LogP contribution is -2.37. The number of carbonyl (C=O) groups is 1. The highest BCUT2D eigenvalue weighted by Gasteiger charge is 2.25. The van der Waals surface area contributed by atoms with E-state index in [0.717, 1.165) is 17.7 Å². The predicted molar refractivity (Wildman–Crippen MR) is 119 cm³/mol. The van der Waals surface area contributed by atoms with Crippen LogP contribution in [0.25, 0.3) is 5.76 Å². The van der Waals surface area contributed by atoms with E-state index in [1.165, 1.54) is 11.3 Å². The number of ether oxygens (including phenoxy) is 1. The number of hydrogen-bond donors (Lipinski definition) is 0. The largest absolute Gasteiger partial charge is 0.423 e. The molecule has 0 saturated carbocycles. The molecule has 0 aliphatic heterocycles. The average molecular weight is 410 g/mol. The molecular formula is C23H31N3O2Si. The highest BCUT2D eigenvalue weighted by atomic mass is 28.3. The Kier molecular flexibility index (Phi) is 7.57. The van der Waals surface area contributed by atoms with E-state index in [1.807, 2.05) is 38.1 Å². The zero-order valence-corrected chi connectivity index (χ0v) is 19.3. The molecule has 5 nitrogen and oxygen atoms in total. The second-order valence-electron chi connectivity index (χ2n) is 8.26. The van der Waals surface area contributed by atoms with E-state index in [-0.39, 0.29) is 17.6 Å². The van der Waals surface area contributed by atoms with Crippen molar-refractivity contribution in [3.8, 4) is 6.07 Å². The van der Waals surface area contributed by atoms with Crippen molar-refractivity contribution in [3.05, 3.63) is 53.4 Å². The maximum absolute atomic E-state index is 13.1. The molecule has 6 heteroatoms. The number of benzene rings is 1. The number of esters is 1. The molecule has 1 atom stereocenters. The smallest absolute Gasteiger partial charge is 0.318 e. The average Bonchev–Trinajstić information content (AvgIpc) is 3.06. The van der Waals surface area contributed by atoms with Crippen LogP contribution in [-0.2, 0) is 16.1 Å². The van der Waals surface area contributed by atoms with Gasteiger partial charge in [-0.05, 0) is 31.9 Å². The molecule has 0 aliphatic carbocycles. The van der Waals surface area contributed by atoms with Gasteiger partial charge in [0.25, 0.3) is 0 Å². The van der Waals surface area contributed by atoms with Crippen LogP contribution in [0.2, 0.25) is 19.6 Å². The fourth-order valence-electron chi connectivity index (χ4n) is 3.30. The van der Waals surface area contributed by atoms with E-state index >= 15 is 0 Å². The summed E-state index contributed by atoms with van der Waals surface area (Å²) in [4.78, 5) is 13.1. The number of allylic oxidation sites excluding steroid dienone is 1. The molecule has 0 spiro atoms. The molecule has 2 rings (SSSR count). The Morgan fingerprint density at radius 1 is 1.28 bits per heavy atom. The zero-order chi connectivity index (χ0) is 21.6. The van der Waals surface area contributed by atoms with Crippen LogP contribution < -0.4 is 5.19 Å². The molecule has 0 N–H and O–H groups in total. The molecule has 0 aliphatic rings. The van der Waals surface area contributed by atoms with Gasteiger partial charge in [0.15, 0.2) is 5.76 Å². The van der Waals surface area contributed by atoms with E-state index < -0.39 is 8.07 Å². The van der Waals surface area contributed by atoms with Gasteiger partial charge in [-0.3, -0.25) is 9.48 Å². The van der Waals surface area contributed by atoms with E-state index in [4.69, 9.17) is 4.74 Å².